The van der Waals surface area contributed by atoms with Crippen LogP contribution in [0.15, 0.2) is 4.99 Å². The summed E-state index contributed by atoms with van der Waals surface area (Å²) in [6.07, 6.45) is 2.12. The molecule has 0 saturated carbocycles. The molecule has 0 atom stereocenters. The summed E-state index contributed by atoms with van der Waals surface area (Å²) in [5.74, 6) is 1.25. The first kappa shape index (κ1) is 9.77. The van der Waals surface area contributed by atoms with Crippen LogP contribution < -0.4 is 5.73 Å². The van der Waals surface area contributed by atoms with Crippen molar-refractivity contribution in [2.24, 2.45) is 10.7 Å². The van der Waals surface area contributed by atoms with E-state index in [1.54, 1.807) is 6.92 Å². The van der Waals surface area contributed by atoms with Crippen LogP contribution in [0.3, 0.4) is 0 Å². The fourth-order valence-corrected chi connectivity index (χ4v) is 1.19. The third-order valence-electron chi connectivity index (χ3n) is 1.87. The van der Waals surface area contributed by atoms with E-state index >= 15 is 0 Å². The Hall–Kier alpha value is -1.32. The van der Waals surface area contributed by atoms with Crippen LogP contribution in [0.1, 0.15) is 31.5 Å². The minimum absolute atomic E-state index is 0.539. The number of nitrogens with one attached hydrogen (secondary N) is 1. The molecule has 0 spiro atoms. The minimum atomic E-state index is 0.539. The highest BCUT2D eigenvalue weighted by atomic mass is 15.2. The molecule has 0 radical (unpaired) electrons. The van der Waals surface area contributed by atoms with Gasteiger partial charge < -0.3 is 5.73 Å². The normalized spacial score (nSPS) is 12.1. The number of nitrogens with zero attached hydrogens (tertiary/aromatic N) is 2. The molecule has 1 rings (SSSR count). The van der Waals surface area contributed by atoms with Crippen molar-refractivity contribution in [3.63, 3.8) is 0 Å². The molecule has 0 unspecified atom stereocenters. The molecule has 0 bridgehead atoms. The number of aliphatic imine (C=N–C) groups is 1. The smallest absolute Gasteiger partial charge is 0.178 e. The summed E-state index contributed by atoms with van der Waals surface area (Å²) < 4.78 is 0. The van der Waals surface area contributed by atoms with E-state index in [4.69, 9.17) is 5.73 Å². The van der Waals surface area contributed by atoms with Gasteiger partial charge in [-0.3, -0.25) is 5.10 Å². The Balaban J connectivity index is 2.93. The molecular weight excluding hydrogens is 164 g/mol. The van der Waals surface area contributed by atoms with Crippen LogP contribution in [0.25, 0.3) is 0 Å². The van der Waals surface area contributed by atoms with Gasteiger partial charge in [0.1, 0.15) is 0 Å². The molecule has 4 heteroatoms. The van der Waals surface area contributed by atoms with Gasteiger partial charge in [-0.15, -0.1) is 0 Å². The molecule has 4 nitrogen and oxygen atoms in total. The lowest BCUT2D eigenvalue weighted by Crippen LogP contribution is -2.04. The van der Waals surface area contributed by atoms with Crippen LogP contribution in [-0.4, -0.2) is 16.0 Å². The van der Waals surface area contributed by atoms with E-state index in [9.17, 15) is 0 Å². The lowest BCUT2D eigenvalue weighted by Gasteiger charge is -1.94. The van der Waals surface area contributed by atoms with E-state index < -0.39 is 0 Å². The zero-order chi connectivity index (χ0) is 9.84. The van der Waals surface area contributed by atoms with E-state index in [1.165, 1.54) is 0 Å². The molecule has 0 aromatic carbocycles. The van der Waals surface area contributed by atoms with Crippen LogP contribution in [-0.2, 0) is 6.42 Å². The molecule has 0 amide bonds. The molecule has 0 saturated heterocycles. The molecule has 1 aromatic rings. The maximum Gasteiger partial charge on any atom is 0.178 e. The molecule has 1 heterocycles. The van der Waals surface area contributed by atoms with Crippen molar-refractivity contribution < 1.29 is 0 Å². The van der Waals surface area contributed by atoms with Gasteiger partial charge in [-0.2, -0.15) is 5.10 Å². The second-order valence-corrected chi connectivity index (χ2v) is 3.15. The highest BCUT2D eigenvalue weighted by molar-refractivity contribution is 5.80. The van der Waals surface area contributed by atoms with E-state index in [0.29, 0.717) is 11.7 Å². The van der Waals surface area contributed by atoms with E-state index in [-0.39, 0.29) is 0 Å². The SMILES string of the molecule is CCCc1[nH]nc(N=C(C)N)c1C. The van der Waals surface area contributed by atoms with Crippen molar-refractivity contribution in [2.75, 3.05) is 0 Å². The molecule has 0 fully saturated rings. The Bertz CT molecular complexity index is 307. The van der Waals surface area contributed by atoms with Crippen LogP contribution in [0.2, 0.25) is 0 Å². The molecule has 0 aliphatic heterocycles. The van der Waals surface area contributed by atoms with Crippen LogP contribution >= 0.6 is 0 Å². The Morgan fingerprint density at radius 3 is 2.85 bits per heavy atom. The number of hydrogen-bond acceptors (Lipinski definition) is 2. The van der Waals surface area contributed by atoms with E-state index in [1.807, 2.05) is 6.92 Å². The number of nitrogens with two attached hydrogens (primary N) is 1. The van der Waals surface area contributed by atoms with Crippen molar-refractivity contribution in [3.05, 3.63) is 11.3 Å². The first-order valence-electron chi connectivity index (χ1n) is 4.49. The Morgan fingerprint density at radius 1 is 1.62 bits per heavy atom. The van der Waals surface area contributed by atoms with Gasteiger partial charge in [0.15, 0.2) is 5.82 Å². The Labute approximate surface area is 78.3 Å². The second-order valence-electron chi connectivity index (χ2n) is 3.15. The maximum atomic E-state index is 5.47. The van der Waals surface area contributed by atoms with Gasteiger partial charge in [-0.25, -0.2) is 4.99 Å². The average Bonchev–Trinajstić information content (AvgIpc) is 2.36. The summed E-state index contributed by atoms with van der Waals surface area (Å²) in [5, 5.41) is 7.05. The zero-order valence-electron chi connectivity index (χ0n) is 8.39. The van der Waals surface area contributed by atoms with Gasteiger partial charge in [0.25, 0.3) is 0 Å². The van der Waals surface area contributed by atoms with Crippen molar-refractivity contribution in [3.8, 4) is 0 Å². The molecule has 72 valence electrons. The predicted molar refractivity (Wildman–Crippen MR) is 54.3 cm³/mol. The van der Waals surface area contributed by atoms with Crippen LogP contribution in [0.5, 0.6) is 0 Å². The largest absolute Gasteiger partial charge is 0.387 e. The summed E-state index contributed by atoms with van der Waals surface area (Å²) in [7, 11) is 0. The highest BCUT2D eigenvalue weighted by Gasteiger charge is 2.06. The predicted octanol–water partition coefficient (Wildman–Crippen LogP) is 1.68. The molecule has 0 aliphatic rings. The van der Waals surface area contributed by atoms with E-state index in [0.717, 1.165) is 24.1 Å². The summed E-state index contributed by atoms with van der Waals surface area (Å²) in [6, 6.07) is 0. The van der Waals surface area contributed by atoms with Crippen LogP contribution in [0, 0.1) is 6.92 Å². The van der Waals surface area contributed by atoms with Gasteiger partial charge in [0.05, 0.1) is 5.84 Å². The van der Waals surface area contributed by atoms with Crippen molar-refractivity contribution >= 4 is 11.7 Å². The van der Waals surface area contributed by atoms with E-state index in [2.05, 4.69) is 22.1 Å². The number of aryl methyl sites for hydroxylation is 1. The lowest BCUT2D eigenvalue weighted by atomic mass is 10.2. The molecular formula is C9H16N4. The highest BCUT2D eigenvalue weighted by Crippen LogP contribution is 2.18. The van der Waals surface area contributed by atoms with Gasteiger partial charge >= 0.3 is 0 Å². The summed E-state index contributed by atoms with van der Waals surface area (Å²) in [5.41, 5.74) is 7.73. The fraction of sp³-hybridized carbons (Fsp3) is 0.556. The van der Waals surface area contributed by atoms with Crippen molar-refractivity contribution in [1.29, 1.82) is 0 Å². The monoisotopic (exact) mass is 180 g/mol. The Kier molecular flexibility index (Phi) is 3.06. The summed E-state index contributed by atoms with van der Waals surface area (Å²) in [4.78, 5) is 4.11. The number of aromatic nitrogens is 2. The molecule has 3 N–H and O–H groups in total. The summed E-state index contributed by atoms with van der Waals surface area (Å²) in [6.45, 7) is 5.90. The van der Waals surface area contributed by atoms with Crippen molar-refractivity contribution in [2.45, 2.75) is 33.6 Å². The average molecular weight is 180 g/mol. The topological polar surface area (TPSA) is 67.1 Å². The lowest BCUT2D eigenvalue weighted by molar-refractivity contribution is 0.861. The van der Waals surface area contributed by atoms with Gasteiger partial charge in [-0.05, 0) is 20.3 Å². The van der Waals surface area contributed by atoms with Crippen molar-refractivity contribution in [1.82, 2.24) is 10.2 Å². The number of hydrogen-bond donors (Lipinski definition) is 2. The standard InChI is InChI=1S/C9H16N4/c1-4-5-8-6(2)9(13-12-8)11-7(3)10/h4-5H2,1-3H3,(H3,10,11,12,13). The number of H-pyrrole nitrogens is 1. The first-order chi connectivity index (χ1) is 6.15. The van der Waals surface area contributed by atoms with Gasteiger partial charge in [0.2, 0.25) is 0 Å². The third-order valence-corrected chi connectivity index (χ3v) is 1.87. The second kappa shape index (κ2) is 4.07. The first-order valence-corrected chi connectivity index (χ1v) is 4.49. The number of aromatic amines is 1. The van der Waals surface area contributed by atoms with Gasteiger partial charge in [0, 0.05) is 11.3 Å². The quantitative estimate of drug-likeness (QED) is 0.549. The Morgan fingerprint density at radius 2 is 2.31 bits per heavy atom. The van der Waals surface area contributed by atoms with Crippen LogP contribution in [0.4, 0.5) is 5.82 Å². The maximum absolute atomic E-state index is 5.47. The minimum Gasteiger partial charge on any atom is -0.387 e. The zero-order valence-corrected chi connectivity index (χ0v) is 8.39. The van der Waals surface area contributed by atoms with Gasteiger partial charge in [-0.1, -0.05) is 13.3 Å². The number of amidine groups is 1. The number of rotatable bonds is 3. The summed E-state index contributed by atoms with van der Waals surface area (Å²) >= 11 is 0. The fourth-order valence-electron chi connectivity index (χ4n) is 1.19. The molecule has 0 aliphatic carbocycles. The molecule has 13 heavy (non-hydrogen) atoms. The third kappa shape index (κ3) is 2.31. The molecule has 1 aromatic heterocycles.